The molecule has 7 nitrogen and oxygen atoms in total. The van der Waals surface area contributed by atoms with E-state index in [-0.39, 0.29) is 40.6 Å². The maximum Gasteiger partial charge on any atom is 0.433 e. The van der Waals surface area contributed by atoms with Crippen molar-refractivity contribution in [2.75, 3.05) is 17.3 Å². The summed E-state index contributed by atoms with van der Waals surface area (Å²) in [4.78, 5) is 7.80. The van der Waals surface area contributed by atoms with Gasteiger partial charge in [-0.05, 0) is 48.9 Å². The normalized spacial score (nSPS) is 15.5. The Labute approximate surface area is 167 Å². The number of fused-ring (bicyclic) bond motifs is 1. The summed E-state index contributed by atoms with van der Waals surface area (Å²) in [6.45, 7) is 1.10. The number of alkyl halides is 3. The largest absolute Gasteiger partial charge is 0.433 e. The van der Waals surface area contributed by atoms with Gasteiger partial charge in [0, 0.05) is 11.3 Å². The molecule has 0 bridgehead atoms. The molecule has 4 N–H and O–H groups in total. The second-order valence-electron chi connectivity index (χ2n) is 6.74. The van der Waals surface area contributed by atoms with Crippen molar-refractivity contribution >= 4 is 5.82 Å². The Morgan fingerprint density at radius 2 is 1.83 bits per heavy atom. The Morgan fingerprint density at radius 3 is 2.47 bits per heavy atom. The molecule has 3 heterocycles. The van der Waals surface area contributed by atoms with Crippen LogP contribution in [0.25, 0.3) is 22.4 Å². The van der Waals surface area contributed by atoms with E-state index < -0.39 is 23.9 Å². The molecule has 0 amide bonds. The number of benzene rings is 1. The van der Waals surface area contributed by atoms with Gasteiger partial charge in [-0.1, -0.05) is 0 Å². The Kier molecular flexibility index (Phi) is 4.69. The van der Waals surface area contributed by atoms with Gasteiger partial charge in [0.1, 0.15) is 23.5 Å². The fourth-order valence-electron chi connectivity index (χ4n) is 3.29. The maximum absolute atomic E-state index is 13.4. The van der Waals surface area contributed by atoms with Crippen molar-refractivity contribution in [1.29, 1.82) is 5.41 Å². The number of hydrogen-bond acceptors (Lipinski definition) is 6. The molecule has 30 heavy (non-hydrogen) atoms. The van der Waals surface area contributed by atoms with Gasteiger partial charge in [-0.15, -0.1) is 0 Å². The van der Waals surface area contributed by atoms with Crippen molar-refractivity contribution in [3.63, 3.8) is 0 Å². The molecule has 0 saturated heterocycles. The van der Waals surface area contributed by atoms with Crippen LogP contribution in [-0.2, 0) is 6.18 Å². The zero-order valence-corrected chi connectivity index (χ0v) is 15.5. The molecule has 0 aliphatic carbocycles. The number of aryl methyl sites for hydroxylation is 1. The predicted molar refractivity (Wildman–Crippen MR) is 100 cm³/mol. The van der Waals surface area contributed by atoms with E-state index in [0.29, 0.717) is 5.56 Å². The van der Waals surface area contributed by atoms with Gasteiger partial charge >= 0.3 is 6.18 Å². The molecule has 1 aliphatic heterocycles. The van der Waals surface area contributed by atoms with Crippen LogP contribution in [0.1, 0.15) is 11.4 Å². The van der Waals surface area contributed by atoms with E-state index in [1.54, 1.807) is 0 Å². The first-order valence-corrected chi connectivity index (χ1v) is 8.85. The third-order valence-electron chi connectivity index (χ3n) is 4.56. The van der Waals surface area contributed by atoms with Gasteiger partial charge in [-0.25, -0.2) is 19.0 Å². The summed E-state index contributed by atoms with van der Waals surface area (Å²) in [5.41, 5.74) is 2.69. The monoisotopic (exact) mass is 420 g/mol. The summed E-state index contributed by atoms with van der Waals surface area (Å²) in [5.74, 6) is -0.228. The molecule has 0 saturated carbocycles. The van der Waals surface area contributed by atoms with Crippen LogP contribution >= 0.6 is 0 Å². The summed E-state index contributed by atoms with van der Waals surface area (Å²) < 4.78 is 54.8. The van der Waals surface area contributed by atoms with Crippen LogP contribution in [0.3, 0.4) is 0 Å². The van der Waals surface area contributed by atoms with E-state index >= 15 is 0 Å². The van der Waals surface area contributed by atoms with Crippen molar-refractivity contribution in [1.82, 2.24) is 14.6 Å². The molecular weight excluding hydrogens is 404 g/mol. The van der Waals surface area contributed by atoms with Gasteiger partial charge in [-0.3, -0.25) is 10.8 Å². The van der Waals surface area contributed by atoms with Crippen LogP contribution in [0.4, 0.5) is 23.4 Å². The number of aromatic nitrogens is 3. The highest BCUT2D eigenvalue weighted by molar-refractivity contribution is 5.89. The minimum atomic E-state index is -4.66. The van der Waals surface area contributed by atoms with Crippen LogP contribution in [0.15, 0.2) is 36.4 Å². The second kappa shape index (κ2) is 7.10. The zero-order valence-electron chi connectivity index (χ0n) is 15.5. The summed E-state index contributed by atoms with van der Waals surface area (Å²) in [5, 5.41) is 20.6. The number of rotatable bonds is 3. The first-order valence-electron chi connectivity index (χ1n) is 8.85. The number of anilines is 1. The highest BCUT2D eigenvalue weighted by atomic mass is 19.4. The summed E-state index contributed by atoms with van der Waals surface area (Å²) in [6.07, 6.45) is -5.32. The van der Waals surface area contributed by atoms with Crippen LogP contribution in [0, 0.1) is 18.2 Å². The van der Waals surface area contributed by atoms with Crippen LogP contribution in [-0.4, -0.2) is 32.5 Å². The minimum absolute atomic E-state index is 0.142. The Hall–Kier alpha value is -3.47. The first-order chi connectivity index (χ1) is 14.2. The molecule has 11 heteroatoms. The average molecular weight is 420 g/mol. The maximum atomic E-state index is 13.4. The standard InChI is InChI=1S/C19H16F4N6O/c1-9-6-11(7-13(25-9)19(21,22)23)15-16(10-2-4-12(20)5-3-10)27-18(24)29-17(15)26-14(8-30)28-29/h2-7,14,24,26,28,30H,8H2,1H3. The molecule has 1 atom stereocenters. The fraction of sp³-hybridized carbons (Fsp3) is 0.211. The molecule has 156 valence electrons. The lowest BCUT2D eigenvalue weighted by Crippen LogP contribution is -2.34. The number of nitrogens with one attached hydrogen (secondary N) is 3. The van der Waals surface area contributed by atoms with Crippen LogP contribution in [0.2, 0.25) is 0 Å². The lowest BCUT2D eigenvalue weighted by atomic mass is 9.98. The summed E-state index contributed by atoms with van der Waals surface area (Å²) in [6, 6.07) is 7.63. The van der Waals surface area contributed by atoms with Gasteiger partial charge in [0.25, 0.3) is 0 Å². The number of hydrogen-bond donors (Lipinski definition) is 4. The molecule has 0 fully saturated rings. The molecule has 4 rings (SSSR count). The summed E-state index contributed by atoms with van der Waals surface area (Å²) >= 11 is 0. The smallest absolute Gasteiger partial charge is 0.392 e. The molecule has 1 aliphatic rings. The van der Waals surface area contributed by atoms with Crippen molar-refractivity contribution in [3.05, 3.63) is 59.2 Å². The topological polar surface area (TPSA) is 98.9 Å². The van der Waals surface area contributed by atoms with Crippen molar-refractivity contribution < 1.29 is 22.7 Å². The quantitative estimate of drug-likeness (QED) is 0.489. The molecule has 2 aromatic heterocycles. The molecule has 1 unspecified atom stereocenters. The predicted octanol–water partition coefficient (Wildman–Crippen LogP) is 2.85. The molecule has 3 aromatic rings. The van der Waals surface area contributed by atoms with Gasteiger partial charge in [0.05, 0.1) is 17.9 Å². The first kappa shape index (κ1) is 19.8. The van der Waals surface area contributed by atoms with Gasteiger partial charge in [0.15, 0.2) is 0 Å². The number of aliphatic hydroxyl groups is 1. The third kappa shape index (κ3) is 3.47. The molecule has 0 radical (unpaired) electrons. The SMILES string of the molecule is Cc1cc(-c2c(-c3ccc(F)cc3)nc(=N)n3c2NC(CO)N3)cc(C(F)(F)F)n1. The fourth-order valence-corrected chi connectivity index (χ4v) is 3.29. The van der Waals surface area contributed by atoms with E-state index in [1.807, 2.05) is 0 Å². The minimum Gasteiger partial charge on any atom is -0.392 e. The van der Waals surface area contributed by atoms with Gasteiger partial charge < -0.3 is 10.4 Å². The van der Waals surface area contributed by atoms with Crippen molar-refractivity contribution in [2.24, 2.45) is 0 Å². The number of halogens is 4. The number of pyridine rings is 1. The molecular formula is C19H16F4N6O. The van der Waals surface area contributed by atoms with E-state index in [2.05, 4.69) is 20.7 Å². The summed E-state index contributed by atoms with van der Waals surface area (Å²) in [7, 11) is 0. The Bertz CT molecular complexity index is 1170. The van der Waals surface area contributed by atoms with Gasteiger partial charge in [0.2, 0.25) is 5.62 Å². The van der Waals surface area contributed by atoms with Crippen molar-refractivity contribution in [3.8, 4) is 22.4 Å². The molecule has 0 spiro atoms. The molecule has 1 aromatic carbocycles. The van der Waals surface area contributed by atoms with Crippen LogP contribution in [0.5, 0.6) is 0 Å². The second-order valence-corrected chi connectivity index (χ2v) is 6.74. The average Bonchev–Trinajstić information content (AvgIpc) is 3.12. The Morgan fingerprint density at radius 1 is 1.13 bits per heavy atom. The number of nitrogens with zero attached hydrogens (tertiary/aromatic N) is 3. The van der Waals surface area contributed by atoms with E-state index in [9.17, 15) is 22.7 Å². The highest BCUT2D eigenvalue weighted by Crippen LogP contribution is 2.39. The van der Waals surface area contributed by atoms with E-state index in [4.69, 9.17) is 5.41 Å². The van der Waals surface area contributed by atoms with E-state index in [0.717, 1.165) is 6.07 Å². The number of aliphatic hydroxyl groups excluding tert-OH is 1. The third-order valence-corrected chi connectivity index (χ3v) is 4.56. The van der Waals surface area contributed by atoms with Crippen LogP contribution < -0.4 is 16.4 Å². The lowest BCUT2D eigenvalue weighted by molar-refractivity contribution is -0.141. The van der Waals surface area contributed by atoms with Gasteiger partial charge in [-0.2, -0.15) is 13.2 Å². The highest BCUT2D eigenvalue weighted by Gasteiger charge is 2.34. The zero-order chi connectivity index (χ0) is 21.6. The van der Waals surface area contributed by atoms with E-state index in [1.165, 1.54) is 41.9 Å². The Balaban J connectivity index is 2.03. The van der Waals surface area contributed by atoms with Crippen molar-refractivity contribution in [2.45, 2.75) is 19.3 Å². The lowest BCUT2D eigenvalue weighted by Gasteiger charge is -2.16.